The van der Waals surface area contributed by atoms with Gasteiger partial charge in [-0.2, -0.15) is 0 Å². The molecule has 3 heteroatoms. The summed E-state index contributed by atoms with van der Waals surface area (Å²) >= 11 is 0. The third-order valence-corrected chi connectivity index (χ3v) is 3.82. The van der Waals surface area contributed by atoms with Crippen LogP contribution < -0.4 is 4.74 Å². The number of hydrogen-bond donors (Lipinski definition) is 0. The van der Waals surface area contributed by atoms with Gasteiger partial charge in [-0.25, -0.2) is 4.98 Å². The number of aromatic nitrogens is 1. The molecular formula is C20H21NO2. The number of ether oxygens (including phenoxy) is 1. The maximum Gasteiger partial charge on any atom is 0.226 e. The minimum atomic E-state index is 0.324. The highest BCUT2D eigenvalue weighted by molar-refractivity contribution is 5.53. The number of oxazole rings is 1. The van der Waals surface area contributed by atoms with Gasteiger partial charge in [0, 0.05) is 12.0 Å². The lowest BCUT2D eigenvalue weighted by molar-refractivity contribution is 0.414. The summed E-state index contributed by atoms with van der Waals surface area (Å²) in [5.74, 6) is 2.81. The van der Waals surface area contributed by atoms with Gasteiger partial charge in [-0.3, -0.25) is 0 Å². The molecule has 0 aliphatic heterocycles. The second-order valence-corrected chi connectivity index (χ2v) is 5.87. The monoisotopic (exact) mass is 307 g/mol. The minimum absolute atomic E-state index is 0.324. The van der Waals surface area contributed by atoms with E-state index in [1.807, 2.05) is 42.5 Å². The van der Waals surface area contributed by atoms with Crippen LogP contribution in [0.4, 0.5) is 0 Å². The molecule has 3 nitrogen and oxygen atoms in total. The van der Waals surface area contributed by atoms with Gasteiger partial charge in [0.1, 0.15) is 11.5 Å². The molecule has 1 heterocycles. The van der Waals surface area contributed by atoms with E-state index in [0.717, 1.165) is 29.2 Å². The molecule has 0 aliphatic carbocycles. The molecule has 2 aromatic carbocycles. The summed E-state index contributed by atoms with van der Waals surface area (Å²) in [4.78, 5) is 4.72. The lowest BCUT2D eigenvalue weighted by Crippen LogP contribution is -1.95. The summed E-state index contributed by atoms with van der Waals surface area (Å²) in [6.45, 7) is 4.29. The molecule has 0 saturated heterocycles. The lowest BCUT2D eigenvalue weighted by atomic mass is 10.0. The van der Waals surface area contributed by atoms with E-state index in [0.29, 0.717) is 11.8 Å². The summed E-state index contributed by atoms with van der Waals surface area (Å²) in [5.41, 5.74) is 3.22. The van der Waals surface area contributed by atoms with Gasteiger partial charge in [0.25, 0.3) is 0 Å². The van der Waals surface area contributed by atoms with E-state index >= 15 is 0 Å². The van der Waals surface area contributed by atoms with Gasteiger partial charge in [-0.15, -0.1) is 0 Å². The third kappa shape index (κ3) is 3.45. The van der Waals surface area contributed by atoms with Crippen LogP contribution in [-0.2, 0) is 6.42 Å². The van der Waals surface area contributed by atoms with Crippen molar-refractivity contribution in [3.63, 3.8) is 0 Å². The number of nitrogens with zero attached hydrogens (tertiary/aromatic N) is 1. The normalized spacial score (nSPS) is 11.0. The minimum Gasteiger partial charge on any atom is -0.497 e. The Morgan fingerprint density at radius 1 is 1.00 bits per heavy atom. The molecule has 0 unspecified atom stereocenters. The first-order chi connectivity index (χ1) is 11.2. The van der Waals surface area contributed by atoms with Crippen LogP contribution in [0, 0.1) is 0 Å². The summed E-state index contributed by atoms with van der Waals surface area (Å²) < 4.78 is 11.3. The quantitative estimate of drug-likeness (QED) is 0.660. The third-order valence-electron chi connectivity index (χ3n) is 3.82. The van der Waals surface area contributed by atoms with Crippen LogP contribution in [-0.4, -0.2) is 12.1 Å². The maximum atomic E-state index is 6.08. The Balaban J connectivity index is 1.92. The SMILES string of the molecule is COc1ccc(Cc2oc(-c3ccccc3)nc2C(C)C)cc1. The fraction of sp³-hybridized carbons (Fsp3) is 0.250. The molecule has 3 aromatic rings. The Morgan fingerprint density at radius 2 is 1.70 bits per heavy atom. The molecule has 23 heavy (non-hydrogen) atoms. The number of hydrogen-bond acceptors (Lipinski definition) is 3. The van der Waals surface area contributed by atoms with Gasteiger partial charge >= 0.3 is 0 Å². The first kappa shape index (κ1) is 15.3. The fourth-order valence-corrected chi connectivity index (χ4v) is 2.57. The Hall–Kier alpha value is -2.55. The van der Waals surface area contributed by atoms with E-state index in [-0.39, 0.29) is 0 Å². The highest BCUT2D eigenvalue weighted by Crippen LogP contribution is 2.28. The first-order valence-corrected chi connectivity index (χ1v) is 7.85. The molecule has 0 fully saturated rings. The first-order valence-electron chi connectivity index (χ1n) is 7.85. The van der Waals surface area contributed by atoms with Crippen LogP contribution in [0.15, 0.2) is 59.0 Å². The molecule has 0 radical (unpaired) electrons. The van der Waals surface area contributed by atoms with Crippen molar-refractivity contribution in [2.75, 3.05) is 7.11 Å². The van der Waals surface area contributed by atoms with Gasteiger partial charge in [-0.1, -0.05) is 44.2 Å². The van der Waals surface area contributed by atoms with Crippen LogP contribution in [0.2, 0.25) is 0 Å². The highest BCUT2D eigenvalue weighted by Gasteiger charge is 2.17. The molecule has 0 atom stereocenters. The summed E-state index contributed by atoms with van der Waals surface area (Å²) in [5, 5.41) is 0. The Kier molecular flexibility index (Phi) is 4.47. The van der Waals surface area contributed by atoms with Crippen LogP contribution in [0.3, 0.4) is 0 Å². The zero-order valence-corrected chi connectivity index (χ0v) is 13.7. The molecule has 0 spiro atoms. The smallest absolute Gasteiger partial charge is 0.226 e. The van der Waals surface area contributed by atoms with Crippen molar-refractivity contribution >= 4 is 0 Å². The summed E-state index contributed by atoms with van der Waals surface area (Å²) in [7, 11) is 1.68. The summed E-state index contributed by atoms with van der Waals surface area (Å²) in [6.07, 6.45) is 0.733. The highest BCUT2D eigenvalue weighted by atomic mass is 16.5. The van der Waals surface area contributed by atoms with Crippen molar-refractivity contribution in [3.05, 3.63) is 71.6 Å². The van der Waals surface area contributed by atoms with E-state index in [1.54, 1.807) is 7.11 Å². The van der Waals surface area contributed by atoms with Crippen molar-refractivity contribution in [2.45, 2.75) is 26.2 Å². The second-order valence-electron chi connectivity index (χ2n) is 5.87. The van der Waals surface area contributed by atoms with Crippen molar-refractivity contribution in [2.24, 2.45) is 0 Å². The fourth-order valence-electron chi connectivity index (χ4n) is 2.57. The molecule has 0 aliphatic rings. The van der Waals surface area contributed by atoms with Gasteiger partial charge in [0.2, 0.25) is 5.89 Å². The topological polar surface area (TPSA) is 35.3 Å². The van der Waals surface area contributed by atoms with E-state index in [4.69, 9.17) is 14.1 Å². The number of rotatable bonds is 5. The Morgan fingerprint density at radius 3 is 2.30 bits per heavy atom. The van der Waals surface area contributed by atoms with Crippen LogP contribution >= 0.6 is 0 Å². The van der Waals surface area contributed by atoms with E-state index in [2.05, 4.69) is 26.0 Å². The summed E-state index contributed by atoms with van der Waals surface area (Å²) in [6, 6.07) is 18.1. The van der Waals surface area contributed by atoms with E-state index in [1.165, 1.54) is 5.56 Å². The predicted octanol–water partition coefficient (Wildman–Crippen LogP) is 5.06. The Labute approximate surface area is 136 Å². The predicted molar refractivity (Wildman–Crippen MR) is 91.8 cm³/mol. The van der Waals surface area contributed by atoms with Crippen molar-refractivity contribution < 1.29 is 9.15 Å². The van der Waals surface area contributed by atoms with Gasteiger partial charge in [0.05, 0.1) is 12.8 Å². The molecule has 0 bridgehead atoms. The average molecular weight is 307 g/mol. The van der Waals surface area contributed by atoms with Gasteiger partial charge < -0.3 is 9.15 Å². The van der Waals surface area contributed by atoms with Crippen LogP contribution in [0.1, 0.15) is 36.8 Å². The zero-order chi connectivity index (χ0) is 16.2. The van der Waals surface area contributed by atoms with E-state index < -0.39 is 0 Å². The largest absolute Gasteiger partial charge is 0.497 e. The molecule has 3 rings (SSSR count). The van der Waals surface area contributed by atoms with Crippen molar-refractivity contribution in [1.82, 2.24) is 4.98 Å². The van der Waals surface area contributed by atoms with Crippen molar-refractivity contribution in [3.8, 4) is 17.2 Å². The van der Waals surface area contributed by atoms with Gasteiger partial charge in [0.15, 0.2) is 0 Å². The van der Waals surface area contributed by atoms with E-state index in [9.17, 15) is 0 Å². The number of benzene rings is 2. The van der Waals surface area contributed by atoms with Crippen LogP contribution in [0.5, 0.6) is 5.75 Å². The number of methoxy groups -OCH3 is 1. The molecule has 0 N–H and O–H groups in total. The standard InChI is InChI=1S/C20H21NO2/c1-14(2)19-18(13-15-9-11-17(22-3)12-10-15)23-20(21-19)16-7-5-4-6-8-16/h4-12,14H,13H2,1-3H3. The molecule has 0 amide bonds. The van der Waals surface area contributed by atoms with Crippen LogP contribution in [0.25, 0.3) is 11.5 Å². The zero-order valence-electron chi connectivity index (χ0n) is 13.7. The Bertz CT molecular complexity index is 758. The maximum absolute atomic E-state index is 6.08. The molecule has 1 aromatic heterocycles. The molecule has 0 saturated carbocycles. The average Bonchev–Trinajstić information content (AvgIpc) is 3.00. The molecule has 118 valence electrons. The lowest BCUT2D eigenvalue weighted by Gasteiger charge is -2.05. The van der Waals surface area contributed by atoms with Gasteiger partial charge in [-0.05, 0) is 35.7 Å². The molecular weight excluding hydrogens is 286 g/mol. The second kappa shape index (κ2) is 6.69. The van der Waals surface area contributed by atoms with Crippen molar-refractivity contribution in [1.29, 1.82) is 0 Å².